The number of hydrogen-bond acceptors (Lipinski definition) is 2. The highest BCUT2D eigenvalue weighted by Crippen LogP contribution is 2.64. The average molecular weight is 349 g/mol. The van der Waals surface area contributed by atoms with Gasteiger partial charge in [-0.3, -0.25) is 0 Å². The Morgan fingerprint density at radius 3 is 2.30 bits per heavy atom. The normalized spacial score (nSPS) is 35.8. The van der Waals surface area contributed by atoms with E-state index >= 15 is 0 Å². The Bertz CT molecular complexity index is 527. The molecular weight excluding hydrogens is 316 g/mol. The molecule has 128 valence electrons. The molecule has 1 N–H and O–H groups in total. The molecule has 1 aliphatic heterocycles. The zero-order valence-electron chi connectivity index (χ0n) is 15.2. The number of allylic oxidation sites excluding steroid dienone is 2. The largest absolute Gasteiger partial charge is 0.426 e. The Labute approximate surface area is 145 Å². The fourth-order valence-corrected chi connectivity index (χ4v) is 9.63. The fraction of sp³-hybridized carbons (Fsp3) is 0.684. The lowest BCUT2D eigenvalue weighted by atomic mass is 9.43. The average Bonchev–Trinajstić information content (AvgIpc) is 2.54. The van der Waals surface area contributed by atoms with Crippen molar-refractivity contribution in [2.45, 2.75) is 58.6 Å². The molecule has 0 radical (unpaired) electrons. The second-order valence-electron chi connectivity index (χ2n) is 8.24. The van der Waals surface area contributed by atoms with E-state index in [1.807, 2.05) is 12.2 Å². The standard InChI is InChI=1S/C19H32O2Si2/c1-7-18(8-2)10-11-19(20,17(5,6)16(18,3)4)12-15-23-14-9-13-21-22-23/h7-8,20,23H,1-2,9-11,13-14,22H2,3-6H3. The predicted molar refractivity (Wildman–Crippen MR) is 103 cm³/mol. The second kappa shape index (κ2) is 6.36. The summed E-state index contributed by atoms with van der Waals surface area (Å²) in [5, 5.41) is 11.4. The highest BCUT2D eigenvalue weighted by atomic mass is 29.2. The van der Waals surface area contributed by atoms with Crippen molar-refractivity contribution in [3.63, 3.8) is 0 Å². The van der Waals surface area contributed by atoms with Crippen molar-refractivity contribution in [2.24, 2.45) is 16.2 Å². The predicted octanol–water partition coefficient (Wildman–Crippen LogP) is 2.69. The fourth-order valence-electron chi connectivity index (χ4n) is 4.20. The zero-order chi connectivity index (χ0) is 17.4. The molecule has 0 aromatic heterocycles. The molecular formula is C19H32O2Si2. The van der Waals surface area contributed by atoms with E-state index in [0.717, 1.165) is 19.4 Å². The summed E-state index contributed by atoms with van der Waals surface area (Å²) in [7, 11) is -1.46. The van der Waals surface area contributed by atoms with E-state index in [9.17, 15) is 5.11 Å². The third-order valence-electron chi connectivity index (χ3n) is 7.03. The summed E-state index contributed by atoms with van der Waals surface area (Å²) >= 11 is 0. The van der Waals surface area contributed by atoms with Crippen molar-refractivity contribution in [1.82, 2.24) is 0 Å². The first-order valence-corrected chi connectivity index (χ1v) is 14.0. The summed E-state index contributed by atoms with van der Waals surface area (Å²) in [5.41, 5.74) is 1.89. The molecule has 0 bridgehead atoms. The molecule has 1 saturated carbocycles. The number of hydrogen-bond donors (Lipinski definition) is 1. The van der Waals surface area contributed by atoms with Gasteiger partial charge in [0.1, 0.15) is 13.9 Å². The molecule has 1 heterocycles. The lowest BCUT2D eigenvalue weighted by Gasteiger charge is -2.62. The van der Waals surface area contributed by atoms with Gasteiger partial charge in [-0.2, -0.15) is 0 Å². The smallest absolute Gasteiger partial charge is 0.161 e. The van der Waals surface area contributed by atoms with Crippen molar-refractivity contribution < 1.29 is 9.53 Å². The maximum Gasteiger partial charge on any atom is 0.161 e. The van der Waals surface area contributed by atoms with Gasteiger partial charge in [0.2, 0.25) is 0 Å². The van der Waals surface area contributed by atoms with Gasteiger partial charge in [0.05, 0.1) is 0 Å². The molecule has 2 nitrogen and oxygen atoms in total. The molecule has 1 aliphatic carbocycles. The Morgan fingerprint density at radius 2 is 1.78 bits per heavy atom. The third kappa shape index (κ3) is 2.82. The maximum absolute atomic E-state index is 11.4. The number of aliphatic hydroxyl groups is 1. The van der Waals surface area contributed by atoms with Crippen LogP contribution in [-0.2, 0) is 4.43 Å². The quantitative estimate of drug-likeness (QED) is 0.472. The van der Waals surface area contributed by atoms with Crippen molar-refractivity contribution in [1.29, 1.82) is 0 Å². The van der Waals surface area contributed by atoms with E-state index in [0.29, 0.717) is 6.42 Å². The highest BCUT2D eigenvalue weighted by Gasteiger charge is 2.62. The van der Waals surface area contributed by atoms with Crippen LogP contribution in [0.25, 0.3) is 0 Å². The Morgan fingerprint density at radius 1 is 1.13 bits per heavy atom. The van der Waals surface area contributed by atoms with E-state index in [4.69, 9.17) is 4.43 Å². The molecule has 4 heteroatoms. The van der Waals surface area contributed by atoms with Gasteiger partial charge >= 0.3 is 0 Å². The van der Waals surface area contributed by atoms with Crippen LogP contribution in [0, 0.1) is 27.7 Å². The molecule has 0 spiro atoms. The van der Waals surface area contributed by atoms with Gasteiger partial charge in [0.25, 0.3) is 0 Å². The molecule has 0 aromatic rings. The molecule has 2 fully saturated rings. The topological polar surface area (TPSA) is 29.5 Å². The highest BCUT2D eigenvalue weighted by molar-refractivity contribution is 7.14. The lowest BCUT2D eigenvalue weighted by Crippen LogP contribution is -2.61. The molecule has 0 amide bonds. The van der Waals surface area contributed by atoms with Gasteiger partial charge < -0.3 is 9.53 Å². The summed E-state index contributed by atoms with van der Waals surface area (Å²) < 4.78 is 5.71. The molecule has 23 heavy (non-hydrogen) atoms. The van der Waals surface area contributed by atoms with E-state index in [1.54, 1.807) is 0 Å². The monoisotopic (exact) mass is 348 g/mol. The van der Waals surface area contributed by atoms with Gasteiger partial charge in [0.15, 0.2) is 9.28 Å². The second-order valence-corrected chi connectivity index (χ2v) is 15.2. The van der Waals surface area contributed by atoms with Crippen LogP contribution < -0.4 is 0 Å². The van der Waals surface area contributed by atoms with E-state index in [1.165, 1.54) is 6.04 Å². The molecule has 2 rings (SSSR count). The van der Waals surface area contributed by atoms with Gasteiger partial charge in [-0.15, -0.1) is 18.7 Å². The van der Waals surface area contributed by atoms with Crippen LogP contribution in [0.15, 0.2) is 25.3 Å². The minimum Gasteiger partial charge on any atom is -0.426 e. The van der Waals surface area contributed by atoms with Crippen LogP contribution in [0.4, 0.5) is 0 Å². The van der Waals surface area contributed by atoms with Crippen LogP contribution >= 0.6 is 0 Å². The van der Waals surface area contributed by atoms with E-state index in [-0.39, 0.29) is 16.2 Å². The zero-order valence-corrected chi connectivity index (χ0v) is 17.8. The Kier molecular flexibility index (Phi) is 5.18. The first-order chi connectivity index (χ1) is 10.7. The lowest BCUT2D eigenvalue weighted by molar-refractivity contribution is -0.158. The van der Waals surface area contributed by atoms with Crippen LogP contribution in [0.3, 0.4) is 0 Å². The molecule has 2 unspecified atom stereocenters. The van der Waals surface area contributed by atoms with E-state index in [2.05, 4.69) is 52.3 Å². The van der Waals surface area contributed by atoms with Gasteiger partial charge in [0, 0.05) is 17.4 Å². The van der Waals surface area contributed by atoms with Crippen LogP contribution in [-0.4, -0.2) is 34.9 Å². The summed E-state index contributed by atoms with van der Waals surface area (Å²) in [6.07, 6.45) is 6.72. The van der Waals surface area contributed by atoms with Crippen molar-refractivity contribution in [2.75, 3.05) is 6.61 Å². The molecule has 1 saturated heterocycles. The Balaban J connectivity index is 2.36. The molecule has 2 aliphatic rings. The van der Waals surface area contributed by atoms with Crippen molar-refractivity contribution in [3.05, 3.63) is 25.3 Å². The van der Waals surface area contributed by atoms with Gasteiger partial charge in [-0.25, -0.2) is 0 Å². The molecule has 2 atom stereocenters. The summed E-state index contributed by atoms with van der Waals surface area (Å²) in [5.74, 6) is 3.35. The van der Waals surface area contributed by atoms with Gasteiger partial charge in [-0.05, 0) is 30.7 Å². The van der Waals surface area contributed by atoms with E-state index < -0.39 is 23.2 Å². The Hall–Kier alpha value is -0.606. The first-order valence-electron chi connectivity index (χ1n) is 8.76. The van der Waals surface area contributed by atoms with Gasteiger partial charge in [-0.1, -0.05) is 45.8 Å². The maximum atomic E-state index is 11.4. The minimum absolute atomic E-state index is 0.162. The van der Waals surface area contributed by atoms with Crippen LogP contribution in [0.1, 0.15) is 47.0 Å². The third-order valence-corrected chi connectivity index (χ3v) is 13.4. The SMILES string of the molecule is C=CC1(C=C)CCC(O)(C#C[SiH]2CCCO[SiH2]2)C(C)(C)C1(C)C. The van der Waals surface area contributed by atoms with Crippen LogP contribution in [0.5, 0.6) is 0 Å². The van der Waals surface area contributed by atoms with Crippen molar-refractivity contribution >= 4 is 17.6 Å². The summed E-state index contributed by atoms with van der Waals surface area (Å²) in [4.78, 5) is 0. The van der Waals surface area contributed by atoms with Crippen molar-refractivity contribution in [3.8, 4) is 11.5 Å². The van der Waals surface area contributed by atoms with Crippen LogP contribution in [0.2, 0.25) is 6.04 Å². The number of rotatable bonds is 2. The first kappa shape index (κ1) is 18.7. The summed E-state index contributed by atoms with van der Waals surface area (Å²) in [6, 6.07) is 1.27. The summed E-state index contributed by atoms with van der Waals surface area (Å²) in [6.45, 7) is 17.8. The molecule has 0 aromatic carbocycles. The minimum atomic E-state index is -1.03.